The Balaban J connectivity index is 1.60. The lowest BCUT2D eigenvalue weighted by Gasteiger charge is -2.02. The van der Waals surface area contributed by atoms with E-state index in [0.29, 0.717) is 22.5 Å². The molecule has 0 spiro atoms. The molecule has 0 saturated carbocycles. The van der Waals surface area contributed by atoms with Crippen LogP contribution in [0.3, 0.4) is 0 Å². The predicted octanol–water partition coefficient (Wildman–Crippen LogP) is 3.08. The highest BCUT2D eigenvalue weighted by Gasteiger charge is 2.14. The lowest BCUT2D eigenvalue weighted by Crippen LogP contribution is -2.12. The third kappa shape index (κ3) is 2.90. The van der Waals surface area contributed by atoms with Gasteiger partial charge in [-0.3, -0.25) is 14.5 Å². The van der Waals surface area contributed by atoms with Crippen molar-refractivity contribution in [2.75, 3.05) is 5.32 Å². The Hall–Kier alpha value is -3.61. The maximum atomic E-state index is 12.5. The van der Waals surface area contributed by atoms with Crippen molar-refractivity contribution >= 4 is 22.7 Å². The van der Waals surface area contributed by atoms with Crippen molar-refractivity contribution < 1.29 is 9.21 Å². The summed E-state index contributed by atoms with van der Waals surface area (Å²) in [5.41, 5.74) is 4.82. The molecule has 2 N–H and O–H groups in total. The van der Waals surface area contributed by atoms with Crippen LogP contribution in [0.15, 0.2) is 57.7 Å². The highest BCUT2D eigenvalue weighted by molar-refractivity contribution is 6.04. The van der Waals surface area contributed by atoms with Gasteiger partial charge in [0.2, 0.25) is 0 Å². The summed E-state index contributed by atoms with van der Waals surface area (Å²) in [6.07, 6.45) is 0. The number of fused-ring (bicyclic) bond motifs is 1. The molecule has 4 rings (SSSR count). The quantitative estimate of drug-likeness (QED) is 0.595. The van der Waals surface area contributed by atoms with Gasteiger partial charge in [0, 0.05) is 12.7 Å². The number of hydrogen-bond acceptors (Lipinski definition) is 4. The van der Waals surface area contributed by atoms with E-state index in [1.54, 1.807) is 36.0 Å². The fraction of sp³-hybridized carbons (Fsp3) is 0.105. The van der Waals surface area contributed by atoms with Crippen LogP contribution in [-0.2, 0) is 7.05 Å². The number of aromatic amines is 1. The van der Waals surface area contributed by atoms with Crippen LogP contribution in [0, 0.1) is 6.92 Å². The van der Waals surface area contributed by atoms with Crippen molar-refractivity contribution in [3.63, 3.8) is 0 Å². The molecule has 0 aliphatic carbocycles. The molecule has 0 atom stereocenters. The Morgan fingerprint density at radius 1 is 1.15 bits per heavy atom. The number of hydrogen-bond donors (Lipinski definition) is 2. The minimum absolute atomic E-state index is 0.309. The number of rotatable bonds is 3. The molecule has 0 aliphatic rings. The van der Waals surface area contributed by atoms with Crippen LogP contribution in [0.1, 0.15) is 16.1 Å². The normalized spacial score (nSPS) is 11.0. The maximum absolute atomic E-state index is 12.5. The van der Waals surface area contributed by atoms with E-state index in [0.717, 1.165) is 11.3 Å². The topological polar surface area (TPSA) is 92.9 Å². The summed E-state index contributed by atoms with van der Waals surface area (Å²) in [5.74, 6) is -0.861. The summed E-state index contributed by atoms with van der Waals surface area (Å²) in [7, 11) is 1.80. The van der Waals surface area contributed by atoms with Gasteiger partial charge in [0.25, 0.3) is 5.91 Å². The minimum atomic E-state index is -0.532. The predicted molar refractivity (Wildman–Crippen MR) is 98.2 cm³/mol. The van der Waals surface area contributed by atoms with E-state index >= 15 is 0 Å². The molecule has 0 saturated heterocycles. The number of oxazole rings is 1. The number of carbonyl (C=O) groups is 1. The number of carbonyl (C=O) groups excluding carboxylic acids is 1. The zero-order valence-electron chi connectivity index (χ0n) is 14.2. The Bertz CT molecular complexity index is 1170. The molecule has 4 aromatic rings. The van der Waals surface area contributed by atoms with Gasteiger partial charge >= 0.3 is 5.76 Å². The van der Waals surface area contributed by atoms with Gasteiger partial charge in [-0.2, -0.15) is 5.10 Å². The first-order valence-electron chi connectivity index (χ1n) is 8.05. The van der Waals surface area contributed by atoms with Crippen molar-refractivity contribution in [2.24, 2.45) is 7.05 Å². The fourth-order valence-electron chi connectivity index (χ4n) is 2.80. The van der Waals surface area contributed by atoms with Crippen molar-refractivity contribution in [1.82, 2.24) is 14.8 Å². The largest absolute Gasteiger partial charge is 0.417 e. The molecule has 0 radical (unpaired) electrons. The average molecular weight is 348 g/mol. The van der Waals surface area contributed by atoms with Crippen molar-refractivity contribution in [3.05, 3.63) is 70.3 Å². The summed E-state index contributed by atoms with van der Waals surface area (Å²) in [6.45, 7) is 2.02. The monoisotopic (exact) mass is 348 g/mol. The summed E-state index contributed by atoms with van der Waals surface area (Å²) >= 11 is 0. The van der Waals surface area contributed by atoms with E-state index < -0.39 is 5.76 Å². The zero-order chi connectivity index (χ0) is 18.3. The SMILES string of the molecule is Cc1ccc(-c2cc(C(=O)Nc3ccc4oc(=O)[nH]c4c3)nn2C)cc1. The van der Waals surface area contributed by atoms with Crippen LogP contribution in [0.5, 0.6) is 0 Å². The van der Waals surface area contributed by atoms with Crippen LogP contribution in [0.4, 0.5) is 5.69 Å². The van der Waals surface area contributed by atoms with Gasteiger partial charge in [0.05, 0.1) is 11.2 Å². The van der Waals surface area contributed by atoms with E-state index in [4.69, 9.17) is 4.42 Å². The fourth-order valence-corrected chi connectivity index (χ4v) is 2.80. The summed E-state index contributed by atoms with van der Waals surface area (Å²) < 4.78 is 6.63. The number of benzene rings is 2. The summed E-state index contributed by atoms with van der Waals surface area (Å²) in [6, 6.07) is 14.7. The lowest BCUT2D eigenvalue weighted by atomic mass is 10.1. The minimum Gasteiger partial charge on any atom is -0.408 e. The van der Waals surface area contributed by atoms with E-state index in [1.807, 2.05) is 31.2 Å². The second kappa shape index (κ2) is 6.03. The number of anilines is 1. The number of amides is 1. The maximum Gasteiger partial charge on any atom is 0.417 e. The first-order valence-corrected chi connectivity index (χ1v) is 8.05. The van der Waals surface area contributed by atoms with E-state index in [1.165, 1.54) is 5.56 Å². The van der Waals surface area contributed by atoms with Gasteiger partial charge in [-0.25, -0.2) is 4.79 Å². The third-order valence-corrected chi connectivity index (χ3v) is 4.14. The summed E-state index contributed by atoms with van der Waals surface area (Å²) in [4.78, 5) is 26.3. The van der Waals surface area contributed by atoms with Crippen LogP contribution >= 0.6 is 0 Å². The molecule has 2 heterocycles. The van der Waals surface area contributed by atoms with Crippen molar-refractivity contribution in [2.45, 2.75) is 6.92 Å². The second-order valence-electron chi connectivity index (χ2n) is 6.08. The Morgan fingerprint density at radius 2 is 1.92 bits per heavy atom. The van der Waals surface area contributed by atoms with Gasteiger partial charge < -0.3 is 9.73 Å². The number of aryl methyl sites for hydroxylation is 2. The molecule has 0 bridgehead atoms. The molecule has 0 aliphatic heterocycles. The zero-order valence-corrected chi connectivity index (χ0v) is 14.2. The number of nitrogens with zero attached hydrogens (tertiary/aromatic N) is 2. The van der Waals surface area contributed by atoms with Gasteiger partial charge in [0.15, 0.2) is 11.3 Å². The molecule has 130 valence electrons. The van der Waals surface area contributed by atoms with Crippen LogP contribution < -0.4 is 11.1 Å². The highest BCUT2D eigenvalue weighted by Crippen LogP contribution is 2.21. The lowest BCUT2D eigenvalue weighted by molar-refractivity contribution is 0.102. The second-order valence-corrected chi connectivity index (χ2v) is 6.08. The smallest absolute Gasteiger partial charge is 0.408 e. The molecule has 0 fully saturated rings. The van der Waals surface area contributed by atoms with E-state index in [2.05, 4.69) is 15.4 Å². The molecule has 1 amide bonds. The van der Waals surface area contributed by atoms with E-state index in [-0.39, 0.29) is 5.91 Å². The molecule has 2 aromatic heterocycles. The average Bonchev–Trinajstić information content (AvgIpc) is 3.17. The van der Waals surface area contributed by atoms with Gasteiger partial charge in [-0.05, 0) is 36.8 Å². The van der Waals surface area contributed by atoms with Crippen LogP contribution in [-0.4, -0.2) is 20.7 Å². The Labute approximate surface area is 148 Å². The molecule has 0 unspecified atom stereocenters. The van der Waals surface area contributed by atoms with Crippen LogP contribution in [0.25, 0.3) is 22.4 Å². The van der Waals surface area contributed by atoms with Gasteiger partial charge in [-0.15, -0.1) is 0 Å². The third-order valence-electron chi connectivity index (χ3n) is 4.14. The van der Waals surface area contributed by atoms with Gasteiger partial charge in [-0.1, -0.05) is 29.8 Å². The van der Waals surface area contributed by atoms with Crippen LogP contribution in [0.2, 0.25) is 0 Å². The van der Waals surface area contributed by atoms with Gasteiger partial charge in [0.1, 0.15) is 0 Å². The van der Waals surface area contributed by atoms with Crippen molar-refractivity contribution in [1.29, 1.82) is 0 Å². The number of nitrogens with one attached hydrogen (secondary N) is 2. The first kappa shape index (κ1) is 15.9. The number of H-pyrrole nitrogens is 1. The van der Waals surface area contributed by atoms with Crippen molar-refractivity contribution in [3.8, 4) is 11.3 Å². The Morgan fingerprint density at radius 3 is 2.69 bits per heavy atom. The van der Waals surface area contributed by atoms with E-state index in [9.17, 15) is 9.59 Å². The first-order chi connectivity index (χ1) is 12.5. The highest BCUT2D eigenvalue weighted by atomic mass is 16.4. The Kier molecular flexibility index (Phi) is 3.69. The standard InChI is InChI=1S/C19H16N4O3/c1-11-3-5-12(6-4-11)16-10-15(22-23(16)2)18(24)20-13-7-8-17-14(9-13)21-19(25)26-17/h3-10H,1-2H3,(H,20,24)(H,21,25). The molecular weight excluding hydrogens is 332 g/mol. The summed E-state index contributed by atoms with van der Waals surface area (Å²) in [5, 5.41) is 7.08. The molecule has 7 heteroatoms. The molecule has 26 heavy (non-hydrogen) atoms. The number of aromatic nitrogens is 3. The molecule has 2 aromatic carbocycles. The molecular formula is C19H16N4O3. The molecule has 7 nitrogen and oxygen atoms in total.